The van der Waals surface area contributed by atoms with Crippen molar-refractivity contribution in [2.24, 2.45) is 40.4 Å². The lowest BCUT2D eigenvalue weighted by Crippen LogP contribution is -2.52. The Balaban J connectivity index is 0.000000154. The van der Waals surface area contributed by atoms with E-state index >= 15 is 0 Å². The van der Waals surface area contributed by atoms with Gasteiger partial charge in [-0.1, -0.05) is 52.6 Å². The van der Waals surface area contributed by atoms with E-state index in [1.165, 1.54) is 44.1 Å². The van der Waals surface area contributed by atoms with E-state index in [2.05, 4.69) is 34.3 Å². The van der Waals surface area contributed by atoms with Gasteiger partial charge in [0.05, 0.1) is 7.85 Å². The van der Waals surface area contributed by atoms with E-state index in [4.69, 9.17) is 7.85 Å². The van der Waals surface area contributed by atoms with Crippen LogP contribution >= 0.6 is 0 Å². The summed E-state index contributed by atoms with van der Waals surface area (Å²) in [4.78, 5) is 0. The van der Waals surface area contributed by atoms with E-state index in [1.54, 1.807) is 0 Å². The molecule has 0 aromatic heterocycles. The molecule has 0 spiro atoms. The molecule has 0 saturated heterocycles. The fraction of sp³-hybridized carbons (Fsp3) is 0.900. The molecule has 2 heteroatoms. The molecule has 5 radical (unpaired) electrons. The maximum Gasteiger partial charge on any atom is 0.0656 e. The Bertz CT molecular complexity index is 419. The first kappa shape index (κ1) is 18.2. The summed E-state index contributed by atoms with van der Waals surface area (Å²) in [5, 5.41) is 0. The Morgan fingerprint density at radius 1 is 1.00 bits per heavy atom. The van der Waals surface area contributed by atoms with E-state index in [1.807, 2.05) is 0 Å². The number of hydrogen-bond donors (Lipinski definition) is 0. The average molecular weight is 295 g/mol. The molecule has 0 aliphatic heterocycles. The minimum Gasteiger partial charge on any atom is -0.0996 e. The minimum atomic E-state index is 0. The molecule has 4 unspecified atom stereocenters. The van der Waals surface area contributed by atoms with Crippen molar-refractivity contribution in [3.05, 3.63) is 12.2 Å². The lowest BCUT2D eigenvalue weighted by Gasteiger charge is -2.60. The van der Waals surface area contributed by atoms with E-state index in [0.29, 0.717) is 10.8 Å². The van der Waals surface area contributed by atoms with Crippen LogP contribution < -0.4 is 0 Å². The molecule has 6 fully saturated rings. The van der Waals surface area contributed by atoms with Crippen LogP contribution in [0.2, 0.25) is 6.32 Å². The first-order chi connectivity index (χ1) is 9.78. The highest BCUT2D eigenvalue weighted by Gasteiger charge is 2.53. The fourth-order valence-corrected chi connectivity index (χ4v) is 5.98. The molecule has 0 heterocycles. The third-order valence-electron chi connectivity index (χ3n) is 8.08. The van der Waals surface area contributed by atoms with Gasteiger partial charge in [0.1, 0.15) is 0 Å². The summed E-state index contributed by atoms with van der Waals surface area (Å²) in [6.45, 7) is 13.8. The first-order valence-corrected chi connectivity index (χ1v) is 9.16. The zero-order chi connectivity index (χ0) is 15.4. The number of hydrogen-bond acceptors (Lipinski definition) is 0. The first-order valence-electron chi connectivity index (χ1n) is 9.16. The van der Waals surface area contributed by atoms with Crippen LogP contribution in [0.4, 0.5) is 0 Å². The number of rotatable bonds is 1. The Hall–Kier alpha value is -0.130. The molecule has 22 heavy (non-hydrogen) atoms. The smallest absolute Gasteiger partial charge is 0.0656 e. The summed E-state index contributed by atoms with van der Waals surface area (Å²) < 4.78 is 0. The Morgan fingerprint density at radius 3 is 1.95 bits per heavy atom. The topological polar surface area (TPSA) is 0 Å². The lowest BCUT2D eigenvalue weighted by atomic mass is 9.44. The molecule has 0 amide bonds. The van der Waals surface area contributed by atoms with Crippen LogP contribution in [0.25, 0.3) is 0 Å². The van der Waals surface area contributed by atoms with Crippen LogP contribution in [-0.2, 0) is 0 Å². The average Bonchev–Trinajstić information content (AvgIpc) is 2.47. The van der Waals surface area contributed by atoms with Crippen molar-refractivity contribution in [2.45, 2.75) is 72.5 Å². The number of allylic oxidation sites excluding steroid dienone is 1. The highest BCUT2D eigenvalue weighted by atomic mass is 14.6. The van der Waals surface area contributed by atoms with Crippen LogP contribution in [0.15, 0.2) is 12.2 Å². The maximum absolute atomic E-state index is 5.74. The second kappa shape index (κ2) is 6.06. The maximum atomic E-state index is 5.74. The van der Waals surface area contributed by atoms with Gasteiger partial charge in [0, 0.05) is 8.41 Å². The van der Waals surface area contributed by atoms with Gasteiger partial charge in [-0.05, 0) is 72.5 Å². The highest BCUT2D eigenvalue weighted by molar-refractivity contribution is 6.08. The van der Waals surface area contributed by atoms with Crippen LogP contribution in [0.5, 0.6) is 0 Å². The largest absolute Gasteiger partial charge is 0.0996 e. The molecule has 0 N–H and O–H groups in total. The second-order valence-electron chi connectivity index (χ2n) is 9.44. The number of fused-ring (bicyclic) bond motifs is 4. The van der Waals surface area contributed by atoms with Crippen molar-refractivity contribution in [1.29, 1.82) is 0 Å². The van der Waals surface area contributed by atoms with Crippen molar-refractivity contribution in [1.82, 2.24) is 0 Å². The van der Waals surface area contributed by atoms with E-state index in [-0.39, 0.29) is 8.41 Å². The minimum absolute atomic E-state index is 0. The zero-order valence-corrected chi connectivity index (χ0v) is 15.2. The molecule has 119 valence electrons. The van der Waals surface area contributed by atoms with Crippen LogP contribution in [0, 0.1) is 40.4 Å². The SMILES string of the molecule is C=C1CCC2CC1C2(C)C.[B].[B]CC1CCC2C[C@H]1C2(C)C. The van der Waals surface area contributed by atoms with Crippen molar-refractivity contribution < 1.29 is 0 Å². The van der Waals surface area contributed by atoms with Gasteiger partial charge in [0.2, 0.25) is 0 Å². The van der Waals surface area contributed by atoms with Gasteiger partial charge in [-0.2, -0.15) is 0 Å². The second-order valence-corrected chi connectivity index (χ2v) is 9.44. The molecular formula is C20H33B2. The summed E-state index contributed by atoms with van der Waals surface area (Å²) in [5.74, 6) is 4.70. The van der Waals surface area contributed by atoms with Gasteiger partial charge < -0.3 is 0 Å². The highest BCUT2D eigenvalue weighted by Crippen LogP contribution is 2.62. The van der Waals surface area contributed by atoms with Gasteiger partial charge in [0.15, 0.2) is 0 Å². The molecule has 6 aliphatic rings. The Labute approximate surface area is 141 Å². The van der Waals surface area contributed by atoms with E-state index in [9.17, 15) is 0 Å². The van der Waals surface area contributed by atoms with Gasteiger partial charge in [-0.3, -0.25) is 0 Å². The predicted molar refractivity (Wildman–Crippen MR) is 98.2 cm³/mol. The molecule has 5 atom stereocenters. The molecular weight excluding hydrogens is 262 g/mol. The normalized spacial score (nSPS) is 42.7. The zero-order valence-electron chi connectivity index (χ0n) is 15.2. The van der Waals surface area contributed by atoms with Crippen molar-refractivity contribution in [2.75, 3.05) is 0 Å². The third kappa shape index (κ3) is 2.63. The third-order valence-corrected chi connectivity index (χ3v) is 8.08. The summed E-state index contributed by atoms with van der Waals surface area (Å²) in [5.41, 5.74) is 2.75. The predicted octanol–water partition coefficient (Wildman–Crippen LogP) is 5.26. The molecule has 6 saturated carbocycles. The summed E-state index contributed by atoms with van der Waals surface area (Å²) in [6, 6.07) is 0. The van der Waals surface area contributed by atoms with Crippen molar-refractivity contribution in [3.8, 4) is 0 Å². The van der Waals surface area contributed by atoms with Crippen LogP contribution in [0.3, 0.4) is 0 Å². The molecule has 0 aromatic rings. The standard InChI is InChI=1S/C10H17B.C10H16.B/c1-10(2)8-4-3-7(6-11)9(10)5-8;1-7-4-5-8-6-9(7)10(8,2)3;/h7-9H,3-6H2,1-2H3;8-9H,1,4-6H2,2-3H3;/t7?,8?,9-;;/m1../s1. The Kier molecular flexibility index (Phi) is 5.02. The quantitative estimate of drug-likeness (QED) is 0.457. The Morgan fingerprint density at radius 2 is 1.64 bits per heavy atom. The van der Waals surface area contributed by atoms with Gasteiger partial charge in [-0.15, -0.1) is 0 Å². The molecule has 6 rings (SSSR count). The van der Waals surface area contributed by atoms with Crippen molar-refractivity contribution in [3.63, 3.8) is 0 Å². The summed E-state index contributed by atoms with van der Waals surface area (Å²) in [7, 11) is 5.74. The molecule has 4 bridgehead atoms. The van der Waals surface area contributed by atoms with Gasteiger partial charge in [0.25, 0.3) is 0 Å². The molecule has 0 aromatic carbocycles. The van der Waals surface area contributed by atoms with Crippen LogP contribution in [0.1, 0.15) is 66.2 Å². The van der Waals surface area contributed by atoms with Crippen LogP contribution in [-0.4, -0.2) is 16.3 Å². The van der Waals surface area contributed by atoms with Gasteiger partial charge >= 0.3 is 0 Å². The summed E-state index contributed by atoms with van der Waals surface area (Å²) in [6.07, 6.45) is 9.36. The van der Waals surface area contributed by atoms with E-state index in [0.717, 1.165) is 35.9 Å². The summed E-state index contributed by atoms with van der Waals surface area (Å²) >= 11 is 0. The molecule has 0 nitrogen and oxygen atoms in total. The fourth-order valence-electron chi connectivity index (χ4n) is 5.98. The van der Waals surface area contributed by atoms with E-state index < -0.39 is 0 Å². The molecule has 6 aliphatic carbocycles. The monoisotopic (exact) mass is 295 g/mol. The van der Waals surface area contributed by atoms with Crippen molar-refractivity contribution >= 4 is 16.3 Å². The lowest BCUT2D eigenvalue weighted by molar-refractivity contribution is -0.0985. The van der Waals surface area contributed by atoms with Gasteiger partial charge in [-0.25, -0.2) is 0 Å².